The van der Waals surface area contributed by atoms with Crippen molar-refractivity contribution in [3.63, 3.8) is 0 Å². The number of hydrogen-bond donors (Lipinski definition) is 1. The van der Waals surface area contributed by atoms with Crippen LogP contribution in [0.15, 0.2) is 39.9 Å². The van der Waals surface area contributed by atoms with Crippen LogP contribution in [0.1, 0.15) is 15.9 Å². The topological polar surface area (TPSA) is 71.9 Å². The number of rotatable bonds is 4. The first kappa shape index (κ1) is 13.3. The third-order valence-corrected chi connectivity index (χ3v) is 3.06. The minimum Gasteiger partial charge on any atom is -0.298 e. The van der Waals surface area contributed by atoms with Gasteiger partial charge in [0.05, 0.1) is 0 Å². The molecule has 19 heavy (non-hydrogen) atoms. The molecule has 0 atom stereocenters. The zero-order chi connectivity index (χ0) is 13.8. The summed E-state index contributed by atoms with van der Waals surface area (Å²) in [5.74, 6) is 0. The molecule has 1 N–H and O–H groups in total. The van der Waals surface area contributed by atoms with Crippen LogP contribution in [0.25, 0.3) is 0 Å². The number of carbonyl (C=O) groups excluding carboxylic acids is 1. The molecule has 2 aromatic rings. The molecule has 5 nitrogen and oxygen atoms in total. The monoisotopic (exact) mass is 278 g/mol. The Labute approximate surface area is 113 Å². The molecular weight excluding hydrogens is 268 g/mol. The number of benzene rings is 1. The fourth-order valence-corrected chi connectivity index (χ4v) is 1.96. The zero-order valence-electron chi connectivity index (χ0n) is 9.93. The van der Waals surface area contributed by atoms with Crippen LogP contribution in [0, 0.1) is 0 Å². The Morgan fingerprint density at radius 2 is 1.89 bits per heavy atom. The Balaban J connectivity index is 2.34. The molecule has 0 spiro atoms. The lowest BCUT2D eigenvalue weighted by Crippen LogP contribution is -2.37. The van der Waals surface area contributed by atoms with E-state index < -0.39 is 11.2 Å². The molecular formula is C13H11ClN2O3. The lowest BCUT2D eigenvalue weighted by Gasteiger charge is -2.06. The van der Waals surface area contributed by atoms with Crippen molar-refractivity contribution in [3.05, 3.63) is 67.4 Å². The minimum atomic E-state index is -0.667. The summed E-state index contributed by atoms with van der Waals surface area (Å²) in [4.78, 5) is 36.6. The van der Waals surface area contributed by atoms with E-state index in [0.717, 1.165) is 10.1 Å². The second kappa shape index (κ2) is 5.67. The standard InChI is InChI=1S/C13H11ClN2O3/c14-11-10(8-17)12(18)16(13(19)15-11)7-6-9-4-2-1-3-5-9/h1-5,8H,6-7H2,(H,15,19). The van der Waals surface area contributed by atoms with Gasteiger partial charge < -0.3 is 0 Å². The van der Waals surface area contributed by atoms with Crippen LogP contribution in [-0.2, 0) is 13.0 Å². The normalized spacial score (nSPS) is 10.4. The predicted molar refractivity (Wildman–Crippen MR) is 71.9 cm³/mol. The van der Waals surface area contributed by atoms with E-state index in [4.69, 9.17) is 11.6 Å². The molecule has 1 aromatic carbocycles. The maximum atomic E-state index is 11.9. The van der Waals surface area contributed by atoms with E-state index >= 15 is 0 Å². The average Bonchev–Trinajstić information content (AvgIpc) is 2.39. The van der Waals surface area contributed by atoms with Crippen molar-refractivity contribution in [3.8, 4) is 0 Å². The number of aromatic nitrogens is 2. The van der Waals surface area contributed by atoms with Gasteiger partial charge in [-0.3, -0.25) is 19.1 Å². The molecule has 0 aliphatic heterocycles. The molecule has 0 fully saturated rings. The highest BCUT2D eigenvalue weighted by molar-refractivity contribution is 6.31. The summed E-state index contributed by atoms with van der Waals surface area (Å²) in [7, 11) is 0. The third kappa shape index (κ3) is 2.82. The number of hydrogen-bond acceptors (Lipinski definition) is 3. The summed E-state index contributed by atoms with van der Waals surface area (Å²) < 4.78 is 0.975. The largest absolute Gasteiger partial charge is 0.329 e. The van der Waals surface area contributed by atoms with Crippen LogP contribution < -0.4 is 11.2 Å². The molecule has 0 unspecified atom stereocenters. The third-order valence-electron chi connectivity index (χ3n) is 2.76. The van der Waals surface area contributed by atoms with E-state index in [1.807, 2.05) is 30.3 Å². The molecule has 0 radical (unpaired) electrons. The van der Waals surface area contributed by atoms with Crippen molar-refractivity contribution in [1.82, 2.24) is 9.55 Å². The van der Waals surface area contributed by atoms with E-state index in [1.54, 1.807) is 0 Å². The zero-order valence-corrected chi connectivity index (χ0v) is 10.7. The summed E-state index contributed by atoms with van der Waals surface area (Å²) in [6.45, 7) is 0.191. The number of aryl methyl sites for hydroxylation is 1. The van der Waals surface area contributed by atoms with Crippen molar-refractivity contribution in [2.75, 3.05) is 0 Å². The molecule has 0 bridgehead atoms. The van der Waals surface area contributed by atoms with Crippen LogP contribution >= 0.6 is 11.6 Å². The fraction of sp³-hybridized carbons (Fsp3) is 0.154. The lowest BCUT2D eigenvalue weighted by molar-refractivity contribution is 0.112. The van der Waals surface area contributed by atoms with Gasteiger partial charge in [0, 0.05) is 6.54 Å². The minimum absolute atomic E-state index is 0.191. The van der Waals surface area contributed by atoms with Gasteiger partial charge in [-0.2, -0.15) is 0 Å². The Morgan fingerprint density at radius 1 is 1.21 bits per heavy atom. The lowest BCUT2D eigenvalue weighted by atomic mass is 10.1. The Bertz CT molecular complexity index is 704. The van der Waals surface area contributed by atoms with Gasteiger partial charge in [0.15, 0.2) is 6.29 Å². The SMILES string of the molecule is O=Cc1c(Cl)[nH]c(=O)n(CCc2ccccc2)c1=O. The van der Waals surface area contributed by atoms with Gasteiger partial charge >= 0.3 is 5.69 Å². The molecule has 0 amide bonds. The van der Waals surface area contributed by atoms with Gasteiger partial charge in [-0.15, -0.1) is 0 Å². The summed E-state index contributed by atoms with van der Waals surface area (Å²) >= 11 is 5.62. The molecule has 0 saturated carbocycles. The van der Waals surface area contributed by atoms with Crippen molar-refractivity contribution >= 4 is 17.9 Å². The van der Waals surface area contributed by atoms with Crippen molar-refractivity contribution < 1.29 is 4.79 Å². The average molecular weight is 279 g/mol. The molecule has 0 saturated heterocycles. The Morgan fingerprint density at radius 3 is 2.53 bits per heavy atom. The Hall–Kier alpha value is -2.14. The molecule has 98 valence electrons. The number of nitrogens with one attached hydrogen (secondary N) is 1. The van der Waals surface area contributed by atoms with E-state index in [2.05, 4.69) is 4.98 Å². The number of carbonyl (C=O) groups is 1. The Kier molecular flexibility index (Phi) is 3.97. The van der Waals surface area contributed by atoms with Gasteiger partial charge in [0.1, 0.15) is 10.7 Å². The second-order valence-electron chi connectivity index (χ2n) is 3.97. The van der Waals surface area contributed by atoms with Gasteiger partial charge in [-0.25, -0.2) is 4.79 Å². The summed E-state index contributed by atoms with van der Waals surface area (Å²) in [6.07, 6.45) is 0.864. The number of nitrogens with zero attached hydrogens (tertiary/aromatic N) is 1. The van der Waals surface area contributed by atoms with E-state index in [9.17, 15) is 14.4 Å². The highest BCUT2D eigenvalue weighted by Crippen LogP contribution is 2.03. The number of aldehydes is 1. The van der Waals surface area contributed by atoms with Crippen LogP contribution in [0.4, 0.5) is 0 Å². The van der Waals surface area contributed by atoms with Crippen LogP contribution in [0.2, 0.25) is 5.15 Å². The summed E-state index contributed by atoms with van der Waals surface area (Å²) in [6, 6.07) is 9.43. The van der Waals surface area contributed by atoms with Crippen molar-refractivity contribution in [1.29, 1.82) is 0 Å². The first-order valence-electron chi connectivity index (χ1n) is 5.65. The van der Waals surface area contributed by atoms with Crippen molar-refractivity contribution in [2.45, 2.75) is 13.0 Å². The van der Waals surface area contributed by atoms with Crippen LogP contribution in [0.3, 0.4) is 0 Å². The first-order chi connectivity index (χ1) is 9.13. The molecule has 1 heterocycles. The molecule has 1 aromatic heterocycles. The second-order valence-corrected chi connectivity index (χ2v) is 4.35. The number of H-pyrrole nitrogens is 1. The van der Waals surface area contributed by atoms with Gasteiger partial charge in [0.25, 0.3) is 5.56 Å². The maximum Gasteiger partial charge on any atom is 0.329 e. The van der Waals surface area contributed by atoms with Crippen molar-refractivity contribution in [2.24, 2.45) is 0 Å². The van der Waals surface area contributed by atoms with E-state index in [0.29, 0.717) is 12.7 Å². The van der Waals surface area contributed by atoms with Crippen LogP contribution in [0.5, 0.6) is 0 Å². The number of aromatic amines is 1. The molecule has 0 aliphatic carbocycles. The summed E-state index contributed by atoms with van der Waals surface area (Å²) in [5.41, 5.74) is -0.512. The number of halogens is 1. The molecule has 0 aliphatic rings. The first-order valence-corrected chi connectivity index (χ1v) is 6.03. The predicted octanol–water partition coefficient (Wildman–Crippen LogP) is 1.25. The highest BCUT2D eigenvalue weighted by atomic mass is 35.5. The quantitative estimate of drug-likeness (QED) is 0.676. The highest BCUT2D eigenvalue weighted by Gasteiger charge is 2.11. The van der Waals surface area contributed by atoms with Gasteiger partial charge in [-0.05, 0) is 12.0 Å². The van der Waals surface area contributed by atoms with Gasteiger partial charge in [-0.1, -0.05) is 41.9 Å². The molecule has 6 heteroatoms. The smallest absolute Gasteiger partial charge is 0.298 e. The van der Waals surface area contributed by atoms with E-state index in [-0.39, 0.29) is 17.3 Å². The van der Waals surface area contributed by atoms with Gasteiger partial charge in [0.2, 0.25) is 0 Å². The van der Waals surface area contributed by atoms with Crippen LogP contribution in [-0.4, -0.2) is 15.8 Å². The fourth-order valence-electron chi connectivity index (χ4n) is 1.75. The maximum absolute atomic E-state index is 11.9. The van der Waals surface area contributed by atoms with E-state index in [1.165, 1.54) is 0 Å². The molecule has 2 rings (SSSR count). The summed E-state index contributed by atoms with van der Waals surface area (Å²) in [5, 5.41) is -0.221.